The predicted molar refractivity (Wildman–Crippen MR) is 94.4 cm³/mol. The summed E-state index contributed by atoms with van der Waals surface area (Å²) in [6, 6.07) is 14.4. The molecule has 0 aliphatic carbocycles. The van der Waals surface area contributed by atoms with E-state index in [1.165, 1.54) is 16.7 Å². The Hall–Kier alpha value is -1.87. The van der Waals surface area contributed by atoms with E-state index in [4.69, 9.17) is 4.74 Å². The van der Waals surface area contributed by atoms with Crippen LogP contribution in [0, 0.1) is 20.8 Å². The van der Waals surface area contributed by atoms with Gasteiger partial charge < -0.3 is 4.74 Å². The number of para-hydroxylation sites is 1. The van der Waals surface area contributed by atoms with Crippen molar-refractivity contribution in [3.8, 4) is 5.75 Å². The van der Waals surface area contributed by atoms with Gasteiger partial charge in [0.15, 0.2) is 0 Å². The second kappa shape index (κ2) is 6.09. The molecule has 0 fully saturated rings. The number of hydrogen-bond acceptors (Lipinski definition) is 2. The summed E-state index contributed by atoms with van der Waals surface area (Å²) < 4.78 is 7.21. The SMILES string of the molecule is Cc1ccc2cccc(OCc3c(C)ccc(Br)c3C)c2n1. The third-order valence-corrected chi connectivity index (χ3v) is 4.82. The van der Waals surface area contributed by atoms with Gasteiger partial charge in [-0.2, -0.15) is 0 Å². The Labute approximate surface area is 139 Å². The fourth-order valence-corrected chi connectivity index (χ4v) is 2.94. The molecule has 2 nitrogen and oxygen atoms in total. The van der Waals surface area contributed by atoms with Gasteiger partial charge in [-0.05, 0) is 55.7 Å². The minimum absolute atomic E-state index is 0.547. The number of aryl methyl sites for hydroxylation is 2. The Morgan fingerprint density at radius 1 is 1.00 bits per heavy atom. The molecular weight excluding hydrogens is 338 g/mol. The lowest BCUT2D eigenvalue weighted by Crippen LogP contribution is -2.02. The molecule has 3 rings (SSSR count). The van der Waals surface area contributed by atoms with Crippen molar-refractivity contribution in [3.05, 3.63) is 69.3 Å². The van der Waals surface area contributed by atoms with Crippen LogP contribution in [-0.4, -0.2) is 4.98 Å². The number of pyridine rings is 1. The highest BCUT2D eigenvalue weighted by atomic mass is 79.9. The Bertz CT molecular complexity index is 842. The summed E-state index contributed by atoms with van der Waals surface area (Å²) in [6.07, 6.45) is 0. The Kier molecular flexibility index (Phi) is 4.16. The van der Waals surface area contributed by atoms with Crippen LogP contribution in [0.2, 0.25) is 0 Å². The molecule has 0 amide bonds. The van der Waals surface area contributed by atoms with Crippen molar-refractivity contribution in [2.75, 3.05) is 0 Å². The lowest BCUT2D eigenvalue weighted by molar-refractivity contribution is 0.307. The number of hydrogen-bond donors (Lipinski definition) is 0. The Morgan fingerprint density at radius 2 is 1.82 bits per heavy atom. The van der Waals surface area contributed by atoms with E-state index in [2.05, 4.69) is 59.0 Å². The first-order valence-corrected chi connectivity index (χ1v) is 8.09. The second-order valence-electron chi connectivity index (χ2n) is 5.54. The molecule has 0 saturated heterocycles. The van der Waals surface area contributed by atoms with Crippen molar-refractivity contribution in [2.24, 2.45) is 0 Å². The van der Waals surface area contributed by atoms with Gasteiger partial charge in [-0.25, -0.2) is 4.98 Å². The lowest BCUT2D eigenvalue weighted by atomic mass is 10.0. The van der Waals surface area contributed by atoms with Crippen molar-refractivity contribution in [1.29, 1.82) is 0 Å². The average Bonchev–Trinajstić information content (AvgIpc) is 2.51. The molecule has 0 spiro atoms. The number of fused-ring (bicyclic) bond motifs is 1. The molecule has 3 heteroatoms. The van der Waals surface area contributed by atoms with Gasteiger partial charge in [0.25, 0.3) is 0 Å². The van der Waals surface area contributed by atoms with Crippen molar-refractivity contribution in [3.63, 3.8) is 0 Å². The Balaban J connectivity index is 1.95. The third kappa shape index (κ3) is 2.86. The Morgan fingerprint density at radius 3 is 2.64 bits per heavy atom. The van der Waals surface area contributed by atoms with E-state index in [1.807, 2.05) is 25.1 Å². The quantitative estimate of drug-likeness (QED) is 0.618. The minimum Gasteiger partial charge on any atom is -0.487 e. The number of benzene rings is 2. The van der Waals surface area contributed by atoms with Crippen LogP contribution in [-0.2, 0) is 6.61 Å². The largest absolute Gasteiger partial charge is 0.487 e. The van der Waals surface area contributed by atoms with Crippen LogP contribution in [0.1, 0.15) is 22.4 Å². The van der Waals surface area contributed by atoms with Gasteiger partial charge in [0.1, 0.15) is 17.9 Å². The number of aromatic nitrogens is 1. The van der Waals surface area contributed by atoms with Gasteiger partial charge in [0, 0.05) is 15.6 Å². The summed E-state index contributed by atoms with van der Waals surface area (Å²) >= 11 is 3.59. The topological polar surface area (TPSA) is 22.1 Å². The van der Waals surface area contributed by atoms with Crippen LogP contribution in [0.25, 0.3) is 10.9 Å². The number of ether oxygens (including phenoxy) is 1. The van der Waals surface area contributed by atoms with Crippen LogP contribution >= 0.6 is 15.9 Å². The minimum atomic E-state index is 0.547. The zero-order chi connectivity index (χ0) is 15.7. The maximum atomic E-state index is 6.09. The molecule has 2 aromatic carbocycles. The average molecular weight is 356 g/mol. The molecule has 0 aliphatic rings. The van der Waals surface area contributed by atoms with Crippen molar-refractivity contribution in [1.82, 2.24) is 4.98 Å². The fourth-order valence-electron chi connectivity index (χ4n) is 2.57. The van der Waals surface area contributed by atoms with E-state index in [9.17, 15) is 0 Å². The molecule has 0 unspecified atom stereocenters. The van der Waals surface area contributed by atoms with Crippen LogP contribution in [0.5, 0.6) is 5.75 Å². The van der Waals surface area contributed by atoms with Crippen molar-refractivity contribution >= 4 is 26.8 Å². The van der Waals surface area contributed by atoms with Gasteiger partial charge in [-0.3, -0.25) is 0 Å². The van der Waals surface area contributed by atoms with E-state index < -0.39 is 0 Å². The highest BCUT2D eigenvalue weighted by Gasteiger charge is 2.09. The summed E-state index contributed by atoms with van der Waals surface area (Å²) in [6.45, 7) is 6.77. The first-order valence-electron chi connectivity index (χ1n) is 7.30. The molecular formula is C19H18BrNO. The molecule has 0 aliphatic heterocycles. The van der Waals surface area contributed by atoms with E-state index in [0.29, 0.717) is 6.61 Å². The van der Waals surface area contributed by atoms with Gasteiger partial charge in [0.2, 0.25) is 0 Å². The van der Waals surface area contributed by atoms with Gasteiger partial charge in [0.05, 0.1) is 0 Å². The van der Waals surface area contributed by atoms with Crippen LogP contribution < -0.4 is 4.74 Å². The molecule has 22 heavy (non-hydrogen) atoms. The van der Waals surface area contributed by atoms with E-state index in [-0.39, 0.29) is 0 Å². The van der Waals surface area contributed by atoms with E-state index in [1.54, 1.807) is 0 Å². The van der Waals surface area contributed by atoms with Crippen molar-refractivity contribution < 1.29 is 4.74 Å². The molecule has 1 aromatic heterocycles. The zero-order valence-corrected chi connectivity index (χ0v) is 14.6. The first-order chi connectivity index (χ1) is 10.6. The highest BCUT2D eigenvalue weighted by Crippen LogP contribution is 2.27. The van der Waals surface area contributed by atoms with Gasteiger partial charge in [-0.1, -0.05) is 40.2 Å². The van der Waals surface area contributed by atoms with Crippen molar-refractivity contribution in [2.45, 2.75) is 27.4 Å². The maximum Gasteiger partial charge on any atom is 0.146 e. The molecule has 0 atom stereocenters. The summed E-state index contributed by atoms with van der Waals surface area (Å²) in [5.41, 5.74) is 5.61. The molecule has 0 bridgehead atoms. The molecule has 3 aromatic rings. The molecule has 112 valence electrons. The van der Waals surface area contributed by atoms with Gasteiger partial charge >= 0.3 is 0 Å². The van der Waals surface area contributed by atoms with E-state index >= 15 is 0 Å². The maximum absolute atomic E-state index is 6.09. The first kappa shape index (κ1) is 15.0. The summed E-state index contributed by atoms with van der Waals surface area (Å²) in [4.78, 5) is 4.62. The zero-order valence-electron chi connectivity index (χ0n) is 13.0. The van der Waals surface area contributed by atoms with Crippen LogP contribution in [0.3, 0.4) is 0 Å². The second-order valence-corrected chi connectivity index (χ2v) is 6.39. The van der Waals surface area contributed by atoms with Crippen LogP contribution in [0.15, 0.2) is 46.9 Å². The lowest BCUT2D eigenvalue weighted by Gasteiger charge is -2.14. The predicted octanol–water partition coefficient (Wildman–Crippen LogP) is 5.50. The number of rotatable bonds is 3. The summed E-state index contributed by atoms with van der Waals surface area (Å²) in [7, 11) is 0. The number of halogens is 1. The molecule has 0 N–H and O–H groups in total. The smallest absolute Gasteiger partial charge is 0.146 e. The van der Waals surface area contributed by atoms with Gasteiger partial charge in [-0.15, -0.1) is 0 Å². The summed E-state index contributed by atoms with van der Waals surface area (Å²) in [5.74, 6) is 0.833. The third-order valence-electron chi connectivity index (χ3n) is 3.96. The molecule has 0 radical (unpaired) electrons. The summed E-state index contributed by atoms with van der Waals surface area (Å²) in [5, 5.41) is 1.10. The molecule has 1 heterocycles. The molecule has 0 saturated carbocycles. The normalized spacial score (nSPS) is 10.9. The monoisotopic (exact) mass is 355 g/mol. The standard InChI is InChI=1S/C19H18BrNO/c1-12-7-10-17(20)14(3)16(12)11-22-18-6-4-5-15-9-8-13(2)21-19(15)18/h4-10H,11H2,1-3H3. The number of nitrogens with zero attached hydrogens (tertiary/aromatic N) is 1. The fraction of sp³-hybridized carbons (Fsp3) is 0.211. The highest BCUT2D eigenvalue weighted by molar-refractivity contribution is 9.10. The van der Waals surface area contributed by atoms with Crippen LogP contribution in [0.4, 0.5) is 0 Å². The van der Waals surface area contributed by atoms with E-state index in [0.717, 1.165) is 26.8 Å².